The molecule has 2 unspecified atom stereocenters. The van der Waals surface area contributed by atoms with E-state index in [1.807, 2.05) is 13.0 Å². The molecule has 3 nitrogen and oxygen atoms in total. The van der Waals surface area contributed by atoms with Crippen molar-refractivity contribution in [2.75, 3.05) is 13.7 Å². The van der Waals surface area contributed by atoms with Crippen molar-refractivity contribution in [3.63, 3.8) is 0 Å². The predicted molar refractivity (Wildman–Crippen MR) is 67.7 cm³/mol. The van der Waals surface area contributed by atoms with Gasteiger partial charge in [-0.25, -0.2) is 4.79 Å². The lowest BCUT2D eigenvalue weighted by atomic mass is 9.88. The second kappa shape index (κ2) is 5.19. The van der Waals surface area contributed by atoms with Gasteiger partial charge in [0.1, 0.15) is 4.88 Å². The summed E-state index contributed by atoms with van der Waals surface area (Å²) in [5.74, 6) is 0.304. The molecule has 1 aromatic rings. The number of ether oxygens (including phenoxy) is 2. The first kappa shape index (κ1) is 12.6. The molecule has 0 saturated carbocycles. The number of rotatable bonds is 3. The Bertz CT molecular complexity index is 411. The molecule has 0 radical (unpaired) electrons. The third-order valence-electron chi connectivity index (χ3n) is 3.21. The zero-order chi connectivity index (χ0) is 12.4. The molecule has 2 rings (SSSR count). The van der Waals surface area contributed by atoms with Crippen LogP contribution in [0.25, 0.3) is 0 Å². The summed E-state index contributed by atoms with van der Waals surface area (Å²) in [6.45, 7) is 4.45. The van der Waals surface area contributed by atoms with Crippen LogP contribution in [0.2, 0.25) is 0 Å². The molecule has 1 heterocycles. The van der Waals surface area contributed by atoms with Crippen molar-refractivity contribution >= 4 is 17.3 Å². The fourth-order valence-electron chi connectivity index (χ4n) is 2.29. The van der Waals surface area contributed by atoms with Crippen molar-refractivity contribution in [2.45, 2.75) is 38.7 Å². The topological polar surface area (TPSA) is 35.5 Å². The number of esters is 1. The molecule has 0 fully saturated rings. The Labute approximate surface area is 106 Å². The maximum atomic E-state index is 11.7. The molecule has 94 valence electrons. The normalized spacial score (nSPS) is 23.2. The summed E-state index contributed by atoms with van der Waals surface area (Å²) in [6.07, 6.45) is 2.29. The smallest absolute Gasteiger partial charge is 0.348 e. The van der Waals surface area contributed by atoms with Gasteiger partial charge in [0.2, 0.25) is 0 Å². The Balaban J connectivity index is 2.31. The first-order valence-electron chi connectivity index (χ1n) is 6.00. The highest BCUT2D eigenvalue weighted by molar-refractivity contribution is 7.14. The average Bonchev–Trinajstić information content (AvgIpc) is 2.76. The number of thiophene rings is 1. The van der Waals surface area contributed by atoms with E-state index in [2.05, 4.69) is 6.92 Å². The summed E-state index contributed by atoms with van der Waals surface area (Å²) in [4.78, 5) is 13.7. The standard InChI is InChI=1S/C13H18O3S/c1-4-16-13(14)11-7-9-10(15-3)6-5-8(2)12(9)17-11/h7-8,10H,4-6H2,1-3H3. The second-order valence-corrected chi connectivity index (χ2v) is 5.44. The monoisotopic (exact) mass is 254 g/mol. The van der Waals surface area contributed by atoms with Gasteiger partial charge in [0.05, 0.1) is 12.7 Å². The van der Waals surface area contributed by atoms with Crippen LogP contribution in [0, 0.1) is 0 Å². The first-order chi connectivity index (χ1) is 8.17. The summed E-state index contributed by atoms with van der Waals surface area (Å²) < 4.78 is 10.5. The molecule has 1 aliphatic carbocycles. The van der Waals surface area contributed by atoms with Crippen molar-refractivity contribution in [3.05, 3.63) is 21.4 Å². The van der Waals surface area contributed by atoms with Gasteiger partial charge in [0.15, 0.2) is 0 Å². The molecule has 0 saturated heterocycles. The van der Waals surface area contributed by atoms with Crippen LogP contribution >= 0.6 is 11.3 Å². The summed E-state index contributed by atoms with van der Waals surface area (Å²) >= 11 is 1.56. The van der Waals surface area contributed by atoms with Gasteiger partial charge in [0, 0.05) is 12.0 Å². The maximum absolute atomic E-state index is 11.7. The zero-order valence-corrected chi connectivity index (χ0v) is 11.3. The van der Waals surface area contributed by atoms with Crippen LogP contribution in [-0.2, 0) is 9.47 Å². The minimum atomic E-state index is -0.214. The molecule has 0 spiro atoms. The zero-order valence-electron chi connectivity index (χ0n) is 10.5. The maximum Gasteiger partial charge on any atom is 0.348 e. The molecule has 0 amide bonds. The van der Waals surface area contributed by atoms with Gasteiger partial charge in [-0.05, 0) is 37.3 Å². The Morgan fingerprint density at radius 3 is 2.94 bits per heavy atom. The fraction of sp³-hybridized carbons (Fsp3) is 0.615. The molecule has 1 aromatic heterocycles. The largest absolute Gasteiger partial charge is 0.462 e. The van der Waals surface area contributed by atoms with Crippen LogP contribution in [0.3, 0.4) is 0 Å². The van der Waals surface area contributed by atoms with E-state index in [0.717, 1.165) is 12.8 Å². The lowest BCUT2D eigenvalue weighted by Crippen LogP contribution is -2.11. The van der Waals surface area contributed by atoms with E-state index >= 15 is 0 Å². The van der Waals surface area contributed by atoms with Gasteiger partial charge < -0.3 is 9.47 Å². The summed E-state index contributed by atoms with van der Waals surface area (Å²) in [6, 6.07) is 1.95. The van der Waals surface area contributed by atoms with Gasteiger partial charge in [-0.3, -0.25) is 0 Å². The summed E-state index contributed by atoms with van der Waals surface area (Å²) in [7, 11) is 1.73. The summed E-state index contributed by atoms with van der Waals surface area (Å²) in [5.41, 5.74) is 1.18. The average molecular weight is 254 g/mol. The number of hydrogen-bond acceptors (Lipinski definition) is 4. The van der Waals surface area contributed by atoms with Crippen LogP contribution in [0.1, 0.15) is 58.8 Å². The molecule has 0 N–H and O–H groups in total. The van der Waals surface area contributed by atoms with Crippen molar-refractivity contribution in [1.29, 1.82) is 0 Å². The van der Waals surface area contributed by atoms with Crippen LogP contribution in [0.5, 0.6) is 0 Å². The number of fused-ring (bicyclic) bond motifs is 1. The highest BCUT2D eigenvalue weighted by Crippen LogP contribution is 2.43. The quantitative estimate of drug-likeness (QED) is 0.774. The fourth-order valence-corrected chi connectivity index (χ4v) is 3.48. The van der Waals surface area contributed by atoms with Crippen LogP contribution in [0.4, 0.5) is 0 Å². The number of carbonyl (C=O) groups is 1. The predicted octanol–water partition coefficient (Wildman–Crippen LogP) is 3.51. The molecule has 0 bridgehead atoms. The molecule has 17 heavy (non-hydrogen) atoms. The number of hydrogen-bond donors (Lipinski definition) is 0. The van der Waals surface area contributed by atoms with Crippen LogP contribution < -0.4 is 0 Å². The Kier molecular flexibility index (Phi) is 3.84. The van der Waals surface area contributed by atoms with Gasteiger partial charge in [0.25, 0.3) is 0 Å². The highest BCUT2D eigenvalue weighted by atomic mass is 32.1. The van der Waals surface area contributed by atoms with E-state index in [9.17, 15) is 4.79 Å². The molecule has 0 aromatic carbocycles. The molecule has 2 atom stereocenters. The lowest BCUT2D eigenvalue weighted by Gasteiger charge is -2.25. The lowest BCUT2D eigenvalue weighted by molar-refractivity contribution is 0.0531. The first-order valence-corrected chi connectivity index (χ1v) is 6.82. The molecule has 4 heteroatoms. The Morgan fingerprint density at radius 2 is 2.29 bits per heavy atom. The van der Waals surface area contributed by atoms with Gasteiger partial charge in [-0.1, -0.05) is 6.92 Å². The second-order valence-electron chi connectivity index (χ2n) is 4.35. The third-order valence-corrected chi connectivity index (χ3v) is 4.57. The number of methoxy groups -OCH3 is 1. The highest BCUT2D eigenvalue weighted by Gasteiger charge is 2.28. The molecule has 1 aliphatic rings. The van der Waals surface area contributed by atoms with Crippen molar-refractivity contribution in [3.8, 4) is 0 Å². The molecular weight excluding hydrogens is 236 g/mol. The van der Waals surface area contributed by atoms with E-state index in [4.69, 9.17) is 9.47 Å². The third kappa shape index (κ3) is 2.38. The minimum Gasteiger partial charge on any atom is -0.462 e. The van der Waals surface area contributed by atoms with E-state index in [1.54, 1.807) is 18.4 Å². The van der Waals surface area contributed by atoms with Crippen molar-refractivity contribution in [2.24, 2.45) is 0 Å². The van der Waals surface area contributed by atoms with Gasteiger partial charge in [-0.2, -0.15) is 0 Å². The molecule has 0 aliphatic heterocycles. The van der Waals surface area contributed by atoms with Crippen LogP contribution in [-0.4, -0.2) is 19.7 Å². The van der Waals surface area contributed by atoms with Crippen LogP contribution in [0.15, 0.2) is 6.07 Å². The van der Waals surface area contributed by atoms with Gasteiger partial charge >= 0.3 is 5.97 Å². The van der Waals surface area contributed by atoms with Gasteiger partial charge in [-0.15, -0.1) is 11.3 Å². The van der Waals surface area contributed by atoms with Crippen molar-refractivity contribution < 1.29 is 14.3 Å². The number of carbonyl (C=O) groups excluding carboxylic acids is 1. The van der Waals surface area contributed by atoms with Crippen molar-refractivity contribution in [1.82, 2.24) is 0 Å². The molecular formula is C13H18O3S. The minimum absolute atomic E-state index is 0.139. The van der Waals surface area contributed by atoms with E-state index < -0.39 is 0 Å². The Hall–Kier alpha value is -0.870. The SMILES string of the molecule is CCOC(=O)c1cc2c(s1)C(C)CCC2OC. The van der Waals surface area contributed by atoms with E-state index in [-0.39, 0.29) is 12.1 Å². The van der Waals surface area contributed by atoms with E-state index in [1.165, 1.54) is 10.4 Å². The summed E-state index contributed by atoms with van der Waals surface area (Å²) in [5, 5.41) is 0. The van der Waals surface area contributed by atoms with E-state index in [0.29, 0.717) is 17.4 Å². The Morgan fingerprint density at radius 1 is 1.53 bits per heavy atom.